The Hall–Kier alpha value is -1.36. The standard InChI is InChI=1S/C6H6ClN3O2/c1-4-6(7)5(9-8-4)2-3-10(11)12/h2-3H,1H3,(H,8,9). The summed E-state index contributed by atoms with van der Waals surface area (Å²) in [7, 11) is 0. The van der Waals surface area contributed by atoms with Gasteiger partial charge < -0.3 is 0 Å². The average Bonchev–Trinajstić information content (AvgIpc) is 2.30. The first kappa shape index (κ1) is 8.73. The third-order valence-electron chi connectivity index (χ3n) is 1.25. The molecular formula is C6H6ClN3O2. The van der Waals surface area contributed by atoms with Crippen LogP contribution in [0, 0.1) is 17.0 Å². The molecule has 0 aliphatic heterocycles. The minimum atomic E-state index is -0.569. The normalized spacial score (nSPS) is 10.8. The fraction of sp³-hybridized carbons (Fsp3) is 0.167. The quantitative estimate of drug-likeness (QED) is 0.565. The number of rotatable bonds is 2. The Morgan fingerprint density at radius 1 is 1.75 bits per heavy atom. The Kier molecular flexibility index (Phi) is 2.44. The number of nitro groups is 1. The highest BCUT2D eigenvalue weighted by Crippen LogP contribution is 2.17. The maximum atomic E-state index is 9.93. The van der Waals surface area contributed by atoms with Gasteiger partial charge in [-0.1, -0.05) is 11.6 Å². The molecule has 0 amide bonds. The lowest BCUT2D eigenvalue weighted by Crippen LogP contribution is -1.82. The van der Waals surface area contributed by atoms with E-state index >= 15 is 0 Å². The lowest BCUT2D eigenvalue weighted by Gasteiger charge is -1.83. The first-order chi connectivity index (χ1) is 5.61. The predicted octanol–water partition coefficient (Wildman–Crippen LogP) is 1.62. The van der Waals surface area contributed by atoms with Crippen LogP contribution in [0.25, 0.3) is 6.08 Å². The number of aromatic amines is 1. The fourth-order valence-corrected chi connectivity index (χ4v) is 0.824. The van der Waals surface area contributed by atoms with Crippen molar-refractivity contribution in [1.82, 2.24) is 10.2 Å². The predicted molar refractivity (Wildman–Crippen MR) is 44.4 cm³/mol. The zero-order chi connectivity index (χ0) is 9.14. The van der Waals surface area contributed by atoms with Crippen molar-refractivity contribution >= 4 is 17.7 Å². The van der Waals surface area contributed by atoms with Crippen molar-refractivity contribution in [3.63, 3.8) is 0 Å². The molecule has 0 bridgehead atoms. The van der Waals surface area contributed by atoms with Gasteiger partial charge in [0, 0.05) is 6.08 Å². The van der Waals surface area contributed by atoms with Crippen molar-refractivity contribution in [2.24, 2.45) is 0 Å². The second-order valence-electron chi connectivity index (χ2n) is 2.15. The molecule has 1 heterocycles. The SMILES string of the molecule is Cc1[nH]nc(C=C[N+](=O)[O-])c1Cl. The van der Waals surface area contributed by atoms with E-state index in [0.717, 1.165) is 6.20 Å². The van der Waals surface area contributed by atoms with Crippen molar-refractivity contribution in [3.8, 4) is 0 Å². The van der Waals surface area contributed by atoms with Crippen LogP contribution >= 0.6 is 11.6 Å². The molecule has 0 spiro atoms. The van der Waals surface area contributed by atoms with Crippen molar-refractivity contribution in [2.75, 3.05) is 0 Å². The van der Waals surface area contributed by atoms with Gasteiger partial charge in [0.2, 0.25) is 6.20 Å². The number of aromatic nitrogens is 2. The third kappa shape index (κ3) is 1.82. The van der Waals surface area contributed by atoms with Crippen molar-refractivity contribution < 1.29 is 4.92 Å². The number of H-pyrrole nitrogens is 1. The molecule has 1 aromatic heterocycles. The van der Waals surface area contributed by atoms with Crippen molar-refractivity contribution in [2.45, 2.75) is 6.92 Å². The van der Waals surface area contributed by atoms with Crippen molar-refractivity contribution in [1.29, 1.82) is 0 Å². The van der Waals surface area contributed by atoms with Crippen LogP contribution < -0.4 is 0 Å². The van der Waals surface area contributed by atoms with Gasteiger partial charge in [0.1, 0.15) is 5.69 Å². The van der Waals surface area contributed by atoms with E-state index in [9.17, 15) is 10.1 Å². The number of nitrogens with one attached hydrogen (secondary N) is 1. The second kappa shape index (κ2) is 3.36. The van der Waals surface area contributed by atoms with E-state index < -0.39 is 4.92 Å². The molecule has 1 rings (SSSR count). The Morgan fingerprint density at radius 3 is 2.83 bits per heavy atom. The minimum Gasteiger partial charge on any atom is -0.281 e. The average molecular weight is 188 g/mol. The fourth-order valence-electron chi connectivity index (χ4n) is 0.676. The van der Waals surface area contributed by atoms with Crippen molar-refractivity contribution in [3.05, 3.63) is 32.7 Å². The molecule has 0 atom stereocenters. The summed E-state index contributed by atoms with van der Waals surface area (Å²) in [6, 6.07) is 0. The van der Waals surface area contributed by atoms with Crippen LogP contribution in [0.1, 0.15) is 11.4 Å². The molecular weight excluding hydrogens is 182 g/mol. The largest absolute Gasteiger partial charge is 0.281 e. The third-order valence-corrected chi connectivity index (χ3v) is 1.73. The molecule has 1 N–H and O–H groups in total. The molecule has 6 heteroatoms. The van der Waals surface area contributed by atoms with E-state index in [1.54, 1.807) is 6.92 Å². The Morgan fingerprint density at radius 2 is 2.42 bits per heavy atom. The van der Waals surface area contributed by atoms with Crippen LogP contribution in [0.2, 0.25) is 5.02 Å². The van der Waals surface area contributed by atoms with E-state index in [2.05, 4.69) is 10.2 Å². The number of halogens is 1. The van der Waals surface area contributed by atoms with E-state index in [1.165, 1.54) is 6.08 Å². The maximum absolute atomic E-state index is 9.93. The van der Waals surface area contributed by atoms with Crippen LogP contribution in [0.4, 0.5) is 0 Å². The Bertz CT molecular complexity index is 332. The molecule has 12 heavy (non-hydrogen) atoms. The lowest BCUT2D eigenvalue weighted by atomic mass is 10.3. The summed E-state index contributed by atoms with van der Waals surface area (Å²) in [5.74, 6) is 0. The van der Waals surface area contributed by atoms with Crippen LogP contribution in [-0.2, 0) is 0 Å². The molecule has 64 valence electrons. The van der Waals surface area contributed by atoms with Gasteiger partial charge in [0.25, 0.3) is 0 Å². The summed E-state index contributed by atoms with van der Waals surface area (Å²) in [6.45, 7) is 1.73. The maximum Gasteiger partial charge on any atom is 0.236 e. The van der Waals surface area contributed by atoms with Crippen LogP contribution in [0.3, 0.4) is 0 Å². The lowest BCUT2D eigenvalue weighted by molar-refractivity contribution is -0.401. The van der Waals surface area contributed by atoms with Gasteiger partial charge in [-0.05, 0) is 6.92 Å². The summed E-state index contributed by atoms with van der Waals surface area (Å²) in [5, 5.41) is 16.7. The van der Waals surface area contributed by atoms with Gasteiger partial charge in [0.05, 0.1) is 15.6 Å². The van der Waals surface area contributed by atoms with Gasteiger partial charge >= 0.3 is 0 Å². The zero-order valence-corrected chi connectivity index (χ0v) is 7.00. The molecule has 0 aromatic carbocycles. The second-order valence-corrected chi connectivity index (χ2v) is 2.53. The summed E-state index contributed by atoms with van der Waals surface area (Å²) in [5.41, 5.74) is 1.07. The molecule has 5 nitrogen and oxygen atoms in total. The molecule has 1 aromatic rings. The van der Waals surface area contributed by atoms with E-state index in [4.69, 9.17) is 11.6 Å². The summed E-state index contributed by atoms with van der Waals surface area (Å²) in [4.78, 5) is 9.36. The highest BCUT2D eigenvalue weighted by Gasteiger charge is 2.04. The summed E-state index contributed by atoms with van der Waals surface area (Å²) >= 11 is 5.72. The minimum absolute atomic E-state index is 0.380. The molecule has 0 radical (unpaired) electrons. The van der Waals surface area contributed by atoms with Gasteiger partial charge in [-0.15, -0.1) is 0 Å². The van der Waals surface area contributed by atoms with Gasteiger partial charge in [-0.3, -0.25) is 15.2 Å². The topological polar surface area (TPSA) is 71.8 Å². The number of hydrogen-bond donors (Lipinski definition) is 1. The highest BCUT2D eigenvalue weighted by molar-refractivity contribution is 6.32. The van der Waals surface area contributed by atoms with E-state index in [-0.39, 0.29) is 0 Å². The molecule has 0 saturated carbocycles. The Balaban J connectivity index is 2.90. The summed E-state index contributed by atoms with van der Waals surface area (Å²) in [6.07, 6.45) is 2.04. The van der Waals surface area contributed by atoms with Gasteiger partial charge in [-0.2, -0.15) is 5.10 Å². The van der Waals surface area contributed by atoms with Gasteiger partial charge in [0.15, 0.2) is 0 Å². The Labute approximate surface area is 73.2 Å². The molecule has 0 aliphatic carbocycles. The molecule has 0 saturated heterocycles. The number of nitrogens with zero attached hydrogens (tertiary/aromatic N) is 2. The smallest absolute Gasteiger partial charge is 0.236 e. The van der Waals surface area contributed by atoms with Gasteiger partial charge in [-0.25, -0.2) is 0 Å². The molecule has 0 unspecified atom stereocenters. The molecule has 0 aliphatic rings. The van der Waals surface area contributed by atoms with Crippen LogP contribution in [-0.4, -0.2) is 15.1 Å². The number of aryl methyl sites for hydroxylation is 1. The zero-order valence-electron chi connectivity index (χ0n) is 6.24. The molecule has 0 fully saturated rings. The summed E-state index contributed by atoms with van der Waals surface area (Å²) < 4.78 is 0. The highest BCUT2D eigenvalue weighted by atomic mass is 35.5. The number of hydrogen-bond acceptors (Lipinski definition) is 3. The van der Waals surface area contributed by atoms with E-state index in [1.807, 2.05) is 0 Å². The first-order valence-electron chi connectivity index (χ1n) is 3.13. The first-order valence-corrected chi connectivity index (χ1v) is 3.51. The van der Waals surface area contributed by atoms with Crippen LogP contribution in [0.5, 0.6) is 0 Å². The van der Waals surface area contributed by atoms with Crippen LogP contribution in [0.15, 0.2) is 6.20 Å². The van der Waals surface area contributed by atoms with E-state index in [0.29, 0.717) is 16.4 Å². The monoisotopic (exact) mass is 187 g/mol.